The maximum atomic E-state index is 13.1. The second kappa shape index (κ2) is 10.00. The van der Waals surface area contributed by atoms with Gasteiger partial charge in [-0.3, -0.25) is 9.59 Å². The van der Waals surface area contributed by atoms with E-state index in [-0.39, 0.29) is 17.3 Å². The molecular weight excluding hydrogens is 410 g/mol. The van der Waals surface area contributed by atoms with E-state index in [9.17, 15) is 14.4 Å². The van der Waals surface area contributed by atoms with E-state index < -0.39 is 5.97 Å². The summed E-state index contributed by atoms with van der Waals surface area (Å²) in [5.74, 6) is -0.904. The van der Waals surface area contributed by atoms with E-state index in [2.05, 4.69) is 5.16 Å². The maximum absolute atomic E-state index is 13.1. The number of oxime groups is 1. The van der Waals surface area contributed by atoms with Crippen LogP contribution in [0.15, 0.2) is 87.7 Å². The van der Waals surface area contributed by atoms with Crippen LogP contribution in [0, 0.1) is 6.92 Å². The molecular formula is C25H21NO4S. The first-order chi connectivity index (χ1) is 14.8. The smallest absolute Gasteiger partial charge is 0.318 e. The molecule has 0 aromatic heterocycles. The molecule has 0 fully saturated rings. The summed E-state index contributed by atoms with van der Waals surface area (Å²) in [6.07, 6.45) is 0. The van der Waals surface area contributed by atoms with Crippen molar-refractivity contribution in [3.63, 3.8) is 0 Å². The SMILES string of the molecule is CC(=O)ON=C(C(=O)c1ccc(Sc2ccc(C(C)=O)cc2)cc1)c1ccccc1C. The Morgan fingerprint density at radius 1 is 0.774 bits per heavy atom. The van der Waals surface area contributed by atoms with Crippen molar-refractivity contribution >= 4 is 35.0 Å². The lowest BCUT2D eigenvalue weighted by atomic mass is 9.97. The van der Waals surface area contributed by atoms with E-state index in [4.69, 9.17) is 4.84 Å². The number of rotatable bonds is 7. The van der Waals surface area contributed by atoms with Crippen LogP contribution in [-0.4, -0.2) is 23.2 Å². The highest BCUT2D eigenvalue weighted by atomic mass is 32.2. The minimum Gasteiger partial charge on any atom is -0.318 e. The zero-order valence-electron chi connectivity index (χ0n) is 17.4. The molecule has 0 aliphatic carbocycles. The van der Waals surface area contributed by atoms with Crippen molar-refractivity contribution in [2.24, 2.45) is 5.16 Å². The summed E-state index contributed by atoms with van der Waals surface area (Å²) < 4.78 is 0. The lowest BCUT2D eigenvalue weighted by Crippen LogP contribution is -2.18. The highest BCUT2D eigenvalue weighted by Crippen LogP contribution is 2.28. The summed E-state index contributed by atoms with van der Waals surface area (Å²) in [7, 11) is 0. The number of carbonyl (C=O) groups excluding carboxylic acids is 3. The van der Waals surface area contributed by atoms with Gasteiger partial charge in [-0.15, -0.1) is 0 Å². The molecule has 6 heteroatoms. The van der Waals surface area contributed by atoms with Gasteiger partial charge in [-0.25, -0.2) is 4.79 Å². The van der Waals surface area contributed by atoms with E-state index in [0.717, 1.165) is 15.4 Å². The van der Waals surface area contributed by atoms with Crippen molar-refractivity contribution in [3.05, 3.63) is 95.1 Å². The molecule has 0 unspecified atom stereocenters. The van der Waals surface area contributed by atoms with Crippen LogP contribution in [0.5, 0.6) is 0 Å². The standard InChI is InChI=1S/C25H21NO4S/c1-16-6-4-5-7-23(16)24(26-30-18(3)28)25(29)20-10-14-22(15-11-20)31-21-12-8-19(9-13-21)17(2)27/h4-15H,1-3H3. The average Bonchev–Trinajstić information content (AvgIpc) is 2.75. The monoisotopic (exact) mass is 431 g/mol. The number of hydrogen-bond donors (Lipinski definition) is 0. The summed E-state index contributed by atoms with van der Waals surface area (Å²) in [6, 6.07) is 21.8. The van der Waals surface area contributed by atoms with E-state index >= 15 is 0 Å². The van der Waals surface area contributed by atoms with Gasteiger partial charge in [-0.2, -0.15) is 0 Å². The molecule has 0 aliphatic rings. The minimum absolute atomic E-state index is 0.0271. The number of carbonyl (C=O) groups is 3. The van der Waals surface area contributed by atoms with Gasteiger partial charge in [0, 0.05) is 33.4 Å². The Kier molecular flexibility index (Phi) is 7.15. The molecule has 0 radical (unpaired) electrons. The fourth-order valence-electron chi connectivity index (χ4n) is 2.87. The van der Waals surface area contributed by atoms with Crippen LogP contribution in [0.3, 0.4) is 0 Å². The molecule has 0 heterocycles. The first-order valence-corrected chi connectivity index (χ1v) is 10.4. The fourth-order valence-corrected chi connectivity index (χ4v) is 3.68. The lowest BCUT2D eigenvalue weighted by molar-refractivity contribution is -0.140. The summed E-state index contributed by atoms with van der Waals surface area (Å²) >= 11 is 1.53. The van der Waals surface area contributed by atoms with Gasteiger partial charge >= 0.3 is 5.97 Å². The van der Waals surface area contributed by atoms with Gasteiger partial charge < -0.3 is 4.84 Å². The molecule has 0 spiro atoms. The number of ketones is 2. The fraction of sp³-hybridized carbons (Fsp3) is 0.120. The topological polar surface area (TPSA) is 72.8 Å². The number of nitrogens with zero attached hydrogens (tertiary/aromatic N) is 1. The molecule has 3 aromatic rings. The Bertz CT molecular complexity index is 1150. The van der Waals surface area contributed by atoms with Gasteiger partial charge in [0.1, 0.15) is 0 Å². The molecule has 0 aliphatic heterocycles. The first-order valence-electron chi connectivity index (χ1n) is 9.60. The minimum atomic E-state index is -0.596. The Morgan fingerprint density at radius 2 is 1.32 bits per heavy atom. The third kappa shape index (κ3) is 5.77. The van der Waals surface area contributed by atoms with Crippen molar-refractivity contribution in [2.75, 3.05) is 0 Å². The largest absolute Gasteiger partial charge is 0.332 e. The summed E-state index contributed by atoms with van der Waals surface area (Å²) in [4.78, 5) is 42.5. The third-order valence-electron chi connectivity index (χ3n) is 4.49. The van der Waals surface area contributed by atoms with E-state index in [1.807, 2.05) is 43.3 Å². The Labute approximate surface area is 185 Å². The molecule has 31 heavy (non-hydrogen) atoms. The van der Waals surface area contributed by atoms with Crippen LogP contribution >= 0.6 is 11.8 Å². The lowest BCUT2D eigenvalue weighted by Gasteiger charge is -2.09. The molecule has 0 amide bonds. The second-order valence-electron chi connectivity index (χ2n) is 6.87. The van der Waals surface area contributed by atoms with Crippen LogP contribution in [0.25, 0.3) is 0 Å². The molecule has 0 atom stereocenters. The van der Waals surface area contributed by atoms with Crippen LogP contribution < -0.4 is 0 Å². The number of aryl methyl sites for hydroxylation is 1. The predicted molar refractivity (Wildman–Crippen MR) is 121 cm³/mol. The molecule has 0 saturated heterocycles. The van der Waals surface area contributed by atoms with Crippen LogP contribution in [0.4, 0.5) is 0 Å². The average molecular weight is 432 g/mol. The Balaban J connectivity index is 1.83. The van der Waals surface area contributed by atoms with Crippen molar-refractivity contribution < 1.29 is 19.2 Å². The number of benzene rings is 3. The zero-order chi connectivity index (χ0) is 22.4. The van der Waals surface area contributed by atoms with E-state index in [0.29, 0.717) is 16.7 Å². The zero-order valence-corrected chi connectivity index (χ0v) is 18.2. The van der Waals surface area contributed by atoms with Crippen molar-refractivity contribution in [3.8, 4) is 0 Å². The molecule has 0 N–H and O–H groups in total. The molecule has 5 nitrogen and oxygen atoms in total. The second-order valence-corrected chi connectivity index (χ2v) is 8.02. The van der Waals surface area contributed by atoms with Crippen molar-refractivity contribution in [1.82, 2.24) is 0 Å². The summed E-state index contributed by atoms with van der Waals surface area (Å²) in [5.41, 5.74) is 2.64. The highest BCUT2D eigenvalue weighted by Gasteiger charge is 2.19. The van der Waals surface area contributed by atoms with E-state index in [1.165, 1.54) is 25.6 Å². The number of Topliss-reactive ketones (excluding diaryl/α,β-unsaturated/α-hetero) is 2. The summed E-state index contributed by atoms with van der Waals surface area (Å²) in [6.45, 7) is 4.63. The van der Waals surface area contributed by atoms with Gasteiger partial charge in [0.2, 0.25) is 5.78 Å². The highest BCUT2D eigenvalue weighted by molar-refractivity contribution is 7.99. The van der Waals surface area contributed by atoms with Gasteiger partial charge in [-0.05, 0) is 55.8 Å². The normalized spacial score (nSPS) is 11.1. The number of hydrogen-bond acceptors (Lipinski definition) is 6. The van der Waals surface area contributed by atoms with Gasteiger partial charge in [0.15, 0.2) is 11.5 Å². The predicted octanol–water partition coefficient (Wildman–Crippen LogP) is 5.50. The van der Waals surface area contributed by atoms with Crippen LogP contribution in [0.2, 0.25) is 0 Å². The van der Waals surface area contributed by atoms with Gasteiger partial charge in [-0.1, -0.05) is 53.3 Å². The Hall–Kier alpha value is -3.51. The molecule has 0 saturated carbocycles. The van der Waals surface area contributed by atoms with Crippen molar-refractivity contribution in [2.45, 2.75) is 30.6 Å². The molecule has 156 valence electrons. The maximum Gasteiger partial charge on any atom is 0.332 e. The van der Waals surface area contributed by atoms with Crippen LogP contribution in [0.1, 0.15) is 45.7 Å². The van der Waals surface area contributed by atoms with Crippen LogP contribution in [-0.2, 0) is 9.63 Å². The van der Waals surface area contributed by atoms with Gasteiger partial charge in [0.25, 0.3) is 0 Å². The summed E-state index contributed by atoms with van der Waals surface area (Å²) in [5, 5.41) is 3.83. The molecule has 3 aromatic carbocycles. The quantitative estimate of drug-likeness (QED) is 0.214. The van der Waals surface area contributed by atoms with Crippen molar-refractivity contribution in [1.29, 1.82) is 0 Å². The van der Waals surface area contributed by atoms with Gasteiger partial charge in [0.05, 0.1) is 0 Å². The third-order valence-corrected chi connectivity index (χ3v) is 5.51. The first kappa shape index (κ1) is 22.2. The molecule has 3 rings (SSSR count). The van der Waals surface area contributed by atoms with E-state index in [1.54, 1.807) is 36.4 Å². The molecule has 0 bridgehead atoms. The Morgan fingerprint density at radius 3 is 1.84 bits per heavy atom.